The molecule has 0 aliphatic heterocycles. The number of imidazole rings is 1. The van der Waals surface area contributed by atoms with Crippen molar-refractivity contribution < 1.29 is 9.53 Å². The number of carbonyl (C=O) groups is 1. The highest BCUT2D eigenvalue weighted by atomic mass is 16.5. The van der Waals surface area contributed by atoms with E-state index in [-0.39, 0.29) is 17.9 Å². The number of esters is 1. The molecule has 3 heterocycles. The van der Waals surface area contributed by atoms with E-state index in [1.807, 2.05) is 18.4 Å². The van der Waals surface area contributed by atoms with E-state index in [2.05, 4.69) is 25.3 Å². The third kappa shape index (κ3) is 3.28. The van der Waals surface area contributed by atoms with Gasteiger partial charge in [-0.1, -0.05) is 0 Å². The number of hydrogen-bond acceptors (Lipinski definition) is 8. The molecule has 0 bridgehead atoms. The summed E-state index contributed by atoms with van der Waals surface area (Å²) in [4.78, 5) is 34.0. The monoisotopic (exact) mass is 381 g/mol. The topological polar surface area (TPSA) is 108 Å². The average Bonchev–Trinajstić information content (AvgIpc) is 3.33. The highest BCUT2D eigenvalue weighted by molar-refractivity contribution is 5.86. The molecule has 0 radical (unpaired) electrons. The summed E-state index contributed by atoms with van der Waals surface area (Å²) in [6.07, 6.45) is 7.51. The molecule has 3 aromatic rings. The molecule has 0 unspecified atom stereocenters. The van der Waals surface area contributed by atoms with Gasteiger partial charge >= 0.3 is 5.97 Å². The Hall–Kier alpha value is -3.10. The first kappa shape index (κ1) is 18.3. The lowest BCUT2D eigenvalue weighted by Crippen LogP contribution is -2.19. The third-order valence-electron chi connectivity index (χ3n) is 5.20. The molecule has 1 aliphatic rings. The Morgan fingerprint density at radius 2 is 2.04 bits per heavy atom. The second-order valence-electron chi connectivity index (χ2n) is 6.97. The minimum Gasteiger partial charge on any atom is -0.469 e. The van der Waals surface area contributed by atoms with E-state index in [4.69, 9.17) is 9.72 Å². The van der Waals surface area contributed by atoms with Crippen LogP contribution in [0.3, 0.4) is 0 Å². The summed E-state index contributed by atoms with van der Waals surface area (Å²) in [5.74, 6) is 1.95. The van der Waals surface area contributed by atoms with Crippen molar-refractivity contribution in [1.82, 2.24) is 29.5 Å². The highest BCUT2D eigenvalue weighted by Crippen LogP contribution is 2.31. The van der Waals surface area contributed by atoms with Gasteiger partial charge in [0.1, 0.15) is 18.0 Å². The quantitative estimate of drug-likeness (QED) is 0.671. The van der Waals surface area contributed by atoms with Gasteiger partial charge < -0.3 is 14.6 Å². The Morgan fingerprint density at radius 1 is 1.25 bits per heavy atom. The molecule has 1 aliphatic carbocycles. The first-order valence-electron chi connectivity index (χ1n) is 9.45. The largest absolute Gasteiger partial charge is 0.469 e. The predicted molar refractivity (Wildman–Crippen MR) is 104 cm³/mol. The van der Waals surface area contributed by atoms with Gasteiger partial charge in [0.05, 0.1) is 18.6 Å². The van der Waals surface area contributed by atoms with Crippen LogP contribution < -0.4 is 5.32 Å². The summed E-state index contributed by atoms with van der Waals surface area (Å²) < 4.78 is 6.90. The molecule has 0 saturated heterocycles. The zero-order chi connectivity index (χ0) is 19.7. The number of ether oxygens (including phenoxy) is 1. The molecule has 4 rings (SSSR count). The standard InChI is InChI=1S/C19H23N7O2/c1-4-26-17(13-8-20-11(2)21-9-13)25-15-16(22-10-23-18(15)26)24-14-6-5-12(7-14)19(27)28-3/h8-10,12,14H,4-7H2,1-3H3,(H,22,23,24)/t12-,14+/m1/s1. The summed E-state index contributed by atoms with van der Waals surface area (Å²) >= 11 is 0. The molecule has 1 fully saturated rings. The Labute approximate surface area is 162 Å². The number of hydrogen-bond donors (Lipinski definition) is 1. The average molecular weight is 381 g/mol. The van der Waals surface area contributed by atoms with E-state index in [1.54, 1.807) is 18.7 Å². The number of carbonyl (C=O) groups excluding carboxylic acids is 1. The predicted octanol–water partition coefficient (Wildman–Crippen LogP) is 2.37. The molecule has 146 valence electrons. The Bertz CT molecular complexity index is 999. The number of methoxy groups -OCH3 is 1. The lowest BCUT2D eigenvalue weighted by Gasteiger charge is -2.13. The lowest BCUT2D eigenvalue weighted by molar-refractivity contribution is -0.145. The van der Waals surface area contributed by atoms with Gasteiger partial charge in [-0.25, -0.2) is 24.9 Å². The van der Waals surface area contributed by atoms with Gasteiger partial charge in [-0.15, -0.1) is 0 Å². The maximum atomic E-state index is 11.8. The summed E-state index contributed by atoms with van der Waals surface area (Å²) in [6, 6.07) is 0.153. The molecular formula is C19H23N7O2. The highest BCUT2D eigenvalue weighted by Gasteiger charge is 2.31. The van der Waals surface area contributed by atoms with E-state index in [9.17, 15) is 4.79 Å². The third-order valence-corrected chi connectivity index (χ3v) is 5.20. The normalized spacial score (nSPS) is 19.1. The van der Waals surface area contributed by atoms with Crippen molar-refractivity contribution in [2.24, 2.45) is 5.92 Å². The van der Waals surface area contributed by atoms with E-state index in [1.165, 1.54) is 7.11 Å². The number of fused-ring (bicyclic) bond motifs is 1. The van der Waals surface area contributed by atoms with Gasteiger partial charge in [-0.2, -0.15) is 0 Å². The number of nitrogens with zero attached hydrogens (tertiary/aromatic N) is 6. The summed E-state index contributed by atoms with van der Waals surface area (Å²) in [5.41, 5.74) is 2.31. The van der Waals surface area contributed by atoms with Gasteiger partial charge in [-0.05, 0) is 33.1 Å². The van der Waals surface area contributed by atoms with Crippen LogP contribution in [0.1, 0.15) is 32.0 Å². The SMILES string of the molecule is CCn1c(-c2cnc(C)nc2)nc2c(N[C@H]3CC[C@@H](C(=O)OC)C3)ncnc21. The van der Waals surface area contributed by atoms with Crippen molar-refractivity contribution in [1.29, 1.82) is 0 Å². The summed E-state index contributed by atoms with van der Waals surface area (Å²) in [6.45, 7) is 4.61. The Morgan fingerprint density at radius 3 is 2.75 bits per heavy atom. The molecule has 2 atom stereocenters. The van der Waals surface area contributed by atoms with Gasteiger partial charge in [0, 0.05) is 25.0 Å². The molecule has 9 heteroatoms. The Balaban J connectivity index is 1.67. The van der Waals surface area contributed by atoms with Crippen LogP contribution in [-0.2, 0) is 16.1 Å². The second kappa shape index (κ2) is 7.49. The fraction of sp³-hybridized carbons (Fsp3) is 0.474. The van der Waals surface area contributed by atoms with Crippen molar-refractivity contribution in [2.45, 2.75) is 45.7 Å². The fourth-order valence-electron chi connectivity index (χ4n) is 3.76. The minimum absolute atomic E-state index is 0.0618. The second-order valence-corrected chi connectivity index (χ2v) is 6.97. The summed E-state index contributed by atoms with van der Waals surface area (Å²) in [7, 11) is 1.44. The van der Waals surface area contributed by atoms with Gasteiger partial charge in [0.15, 0.2) is 17.0 Å². The van der Waals surface area contributed by atoms with Gasteiger partial charge in [0.2, 0.25) is 0 Å². The van der Waals surface area contributed by atoms with E-state index in [0.717, 1.165) is 36.3 Å². The van der Waals surface area contributed by atoms with Crippen LogP contribution in [0.2, 0.25) is 0 Å². The van der Waals surface area contributed by atoms with Gasteiger partial charge in [-0.3, -0.25) is 4.79 Å². The van der Waals surface area contributed by atoms with Crippen LogP contribution >= 0.6 is 0 Å². The van der Waals surface area contributed by atoms with Crippen molar-refractivity contribution in [3.05, 3.63) is 24.5 Å². The Kier molecular flexibility index (Phi) is 4.89. The fourth-order valence-corrected chi connectivity index (χ4v) is 3.76. The zero-order valence-corrected chi connectivity index (χ0v) is 16.2. The molecule has 9 nitrogen and oxygen atoms in total. The molecule has 0 spiro atoms. The van der Waals surface area contributed by atoms with E-state index < -0.39 is 0 Å². The van der Waals surface area contributed by atoms with E-state index in [0.29, 0.717) is 23.7 Å². The molecular weight excluding hydrogens is 358 g/mol. The van der Waals surface area contributed by atoms with Crippen LogP contribution in [-0.4, -0.2) is 48.6 Å². The smallest absolute Gasteiger partial charge is 0.308 e. The van der Waals surface area contributed by atoms with Crippen LogP contribution in [0.15, 0.2) is 18.7 Å². The maximum Gasteiger partial charge on any atom is 0.308 e. The van der Waals surface area contributed by atoms with Crippen molar-refractivity contribution in [3.8, 4) is 11.4 Å². The van der Waals surface area contributed by atoms with Crippen LogP contribution in [0.5, 0.6) is 0 Å². The van der Waals surface area contributed by atoms with Crippen molar-refractivity contribution >= 4 is 23.0 Å². The first-order valence-corrected chi connectivity index (χ1v) is 9.45. The lowest BCUT2D eigenvalue weighted by atomic mass is 10.1. The molecule has 28 heavy (non-hydrogen) atoms. The number of nitrogens with one attached hydrogen (secondary N) is 1. The van der Waals surface area contributed by atoms with Gasteiger partial charge in [0.25, 0.3) is 0 Å². The first-order chi connectivity index (χ1) is 13.6. The van der Waals surface area contributed by atoms with Crippen molar-refractivity contribution in [2.75, 3.05) is 12.4 Å². The molecule has 0 aromatic carbocycles. The van der Waals surface area contributed by atoms with Crippen LogP contribution in [0.25, 0.3) is 22.6 Å². The molecule has 0 amide bonds. The van der Waals surface area contributed by atoms with E-state index >= 15 is 0 Å². The van der Waals surface area contributed by atoms with Crippen molar-refractivity contribution in [3.63, 3.8) is 0 Å². The van der Waals surface area contributed by atoms with Crippen LogP contribution in [0, 0.1) is 12.8 Å². The molecule has 1 N–H and O–H groups in total. The maximum absolute atomic E-state index is 11.8. The number of aryl methyl sites for hydroxylation is 2. The molecule has 1 saturated carbocycles. The minimum atomic E-state index is -0.144. The number of rotatable bonds is 5. The zero-order valence-electron chi connectivity index (χ0n) is 16.2. The molecule has 3 aromatic heterocycles. The number of anilines is 1. The van der Waals surface area contributed by atoms with Crippen LogP contribution in [0.4, 0.5) is 5.82 Å². The summed E-state index contributed by atoms with van der Waals surface area (Å²) in [5, 5.41) is 3.45. The number of aromatic nitrogens is 6.